The summed E-state index contributed by atoms with van der Waals surface area (Å²) in [6.45, 7) is 4.51. The van der Waals surface area contributed by atoms with Gasteiger partial charge in [0.25, 0.3) is 0 Å². The standard InChI is InChI=1S/C35H46F4O/c1-3-5-23-40-31-22-21-30(34(38)35(31)39)29-20-19-28(32(36)33(29)37)27-17-15-26(16-18-27)10-7-6-9-25-13-11-24(8-4-2)12-14-25/h6,9,19-22,24-27H,3-5,7-8,10-18,23H2,1-2H3/b9-6+. The van der Waals surface area contributed by atoms with Crippen LogP contribution >= 0.6 is 0 Å². The van der Waals surface area contributed by atoms with Crippen molar-refractivity contribution in [3.05, 3.63) is 65.2 Å². The van der Waals surface area contributed by atoms with Gasteiger partial charge in [0.15, 0.2) is 23.2 Å². The minimum absolute atomic E-state index is 0.0513. The summed E-state index contributed by atoms with van der Waals surface area (Å²) in [4.78, 5) is 0. The van der Waals surface area contributed by atoms with E-state index in [9.17, 15) is 8.78 Å². The second kappa shape index (κ2) is 15.1. The van der Waals surface area contributed by atoms with Gasteiger partial charge in [0.05, 0.1) is 6.61 Å². The second-order valence-electron chi connectivity index (χ2n) is 12.1. The lowest BCUT2D eigenvalue weighted by Gasteiger charge is -2.29. The van der Waals surface area contributed by atoms with Gasteiger partial charge in [-0.1, -0.05) is 57.4 Å². The molecule has 2 aromatic carbocycles. The number of halogens is 4. The lowest BCUT2D eigenvalue weighted by molar-refractivity contribution is 0.289. The highest BCUT2D eigenvalue weighted by Gasteiger charge is 2.28. The normalized spacial score (nSPS) is 23.6. The molecule has 2 fully saturated rings. The molecule has 0 amide bonds. The molecule has 0 spiro atoms. The van der Waals surface area contributed by atoms with Gasteiger partial charge in [-0.3, -0.25) is 0 Å². The Bertz CT molecular complexity index is 1110. The first-order valence-corrected chi connectivity index (χ1v) is 15.7. The Labute approximate surface area is 238 Å². The van der Waals surface area contributed by atoms with E-state index in [1.54, 1.807) is 6.07 Å². The number of unbranched alkanes of at least 4 members (excludes halogenated alkanes) is 1. The minimum Gasteiger partial charge on any atom is -0.490 e. The van der Waals surface area contributed by atoms with E-state index in [2.05, 4.69) is 19.1 Å². The number of hydrogen-bond donors (Lipinski definition) is 0. The predicted octanol–water partition coefficient (Wildman–Crippen LogP) is 11.3. The summed E-state index contributed by atoms with van der Waals surface area (Å²) in [5.74, 6) is -2.44. The quantitative estimate of drug-likeness (QED) is 0.143. The molecule has 2 aromatic rings. The molecule has 2 aliphatic rings. The fraction of sp³-hybridized carbons (Fsp3) is 0.600. The maximum Gasteiger partial charge on any atom is 0.201 e. The Hall–Kier alpha value is -2.30. The highest BCUT2D eigenvalue weighted by atomic mass is 19.2. The van der Waals surface area contributed by atoms with Crippen LogP contribution in [0.4, 0.5) is 17.6 Å². The maximum atomic E-state index is 15.2. The highest BCUT2D eigenvalue weighted by Crippen LogP contribution is 2.41. The molecule has 40 heavy (non-hydrogen) atoms. The Kier molecular flexibility index (Phi) is 11.6. The van der Waals surface area contributed by atoms with Gasteiger partial charge < -0.3 is 4.74 Å². The summed E-state index contributed by atoms with van der Waals surface area (Å²) in [6, 6.07) is 5.48. The van der Waals surface area contributed by atoms with Crippen molar-refractivity contribution >= 4 is 0 Å². The van der Waals surface area contributed by atoms with Crippen LogP contribution in [-0.4, -0.2) is 6.61 Å². The van der Waals surface area contributed by atoms with Crippen molar-refractivity contribution in [2.24, 2.45) is 17.8 Å². The van der Waals surface area contributed by atoms with Crippen molar-refractivity contribution < 1.29 is 22.3 Å². The second-order valence-corrected chi connectivity index (χ2v) is 12.1. The van der Waals surface area contributed by atoms with Gasteiger partial charge >= 0.3 is 0 Å². The summed E-state index contributed by atoms with van der Waals surface area (Å²) < 4.78 is 65.0. The summed E-state index contributed by atoms with van der Waals surface area (Å²) in [5.41, 5.74) is -0.218. The molecule has 220 valence electrons. The van der Waals surface area contributed by atoms with Crippen molar-refractivity contribution in [1.29, 1.82) is 0 Å². The van der Waals surface area contributed by atoms with Crippen molar-refractivity contribution in [2.75, 3.05) is 6.61 Å². The average Bonchev–Trinajstić information content (AvgIpc) is 2.97. The summed E-state index contributed by atoms with van der Waals surface area (Å²) >= 11 is 0. The minimum atomic E-state index is -1.22. The first kappa shape index (κ1) is 30.7. The average molecular weight is 559 g/mol. The van der Waals surface area contributed by atoms with E-state index in [-0.39, 0.29) is 29.4 Å². The molecule has 1 nitrogen and oxygen atoms in total. The number of ether oxygens (including phenoxy) is 1. The molecule has 2 aliphatic carbocycles. The molecule has 0 aliphatic heterocycles. The van der Waals surface area contributed by atoms with Crippen LogP contribution in [-0.2, 0) is 0 Å². The predicted molar refractivity (Wildman–Crippen MR) is 156 cm³/mol. The summed E-state index contributed by atoms with van der Waals surface area (Å²) in [5, 5.41) is 0. The molecule has 0 radical (unpaired) electrons. The van der Waals surface area contributed by atoms with Crippen molar-refractivity contribution in [1.82, 2.24) is 0 Å². The van der Waals surface area contributed by atoms with Crippen LogP contribution in [0.15, 0.2) is 36.4 Å². The fourth-order valence-electron chi connectivity index (χ4n) is 6.73. The zero-order chi connectivity index (χ0) is 28.5. The van der Waals surface area contributed by atoms with Gasteiger partial charge in [-0.05, 0) is 112 Å². The lowest BCUT2D eigenvalue weighted by Crippen LogP contribution is -2.15. The van der Waals surface area contributed by atoms with Crippen LogP contribution in [0.3, 0.4) is 0 Å². The fourth-order valence-corrected chi connectivity index (χ4v) is 6.73. The molecule has 0 saturated heterocycles. The monoisotopic (exact) mass is 558 g/mol. The van der Waals surface area contributed by atoms with Crippen molar-refractivity contribution in [3.63, 3.8) is 0 Å². The first-order chi connectivity index (χ1) is 19.4. The molecular weight excluding hydrogens is 512 g/mol. The van der Waals surface area contributed by atoms with Crippen LogP contribution in [0.1, 0.15) is 115 Å². The smallest absolute Gasteiger partial charge is 0.201 e. The van der Waals surface area contributed by atoms with Gasteiger partial charge in [0, 0.05) is 11.1 Å². The largest absolute Gasteiger partial charge is 0.490 e. The molecule has 4 rings (SSSR count). The number of benzene rings is 2. The molecule has 0 unspecified atom stereocenters. The van der Waals surface area contributed by atoms with Crippen LogP contribution < -0.4 is 4.74 Å². The first-order valence-electron chi connectivity index (χ1n) is 15.7. The van der Waals surface area contributed by atoms with Gasteiger partial charge in [-0.25, -0.2) is 13.2 Å². The van der Waals surface area contributed by atoms with Gasteiger partial charge in [-0.15, -0.1) is 0 Å². The third-order valence-corrected chi connectivity index (χ3v) is 9.23. The maximum absolute atomic E-state index is 15.2. The molecular formula is C35H46F4O. The summed E-state index contributed by atoms with van der Waals surface area (Å²) in [7, 11) is 0. The molecule has 2 saturated carbocycles. The van der Waals surface area contributed by atoms with E-state index < -0.39 is 23.3 Å². The Balaban J connectivity index is 1.29. The Morgan fingerprint density at radius 2 is 1.32 bits per heavy atom. The molecule has 5 heteroatoms. The number of allylic oxidation sites excluding steroid dienone is 2. The van der Waals surface area contributed by atoms with Crippen LogP contribution in [0, 0.1) is 41.0 Å². The molecule has 0 N–H and O–H groups in total. The van der Waals surface area contributed by atoms with Crippen LogP contribution in [0.25, 0.3) is 11.1 Å². The Morgan fingerprint density at radius 3 is 2.00 bits per heavy atom. The zero-order valence-electron chi connectivity index (χ0n) is 24.3. The highest BCUT2D eigenvalue weighted by molar-refractivity contribution is 5.66. The molecule has 0 heterocycles. The van der Waals surface area contributed by atoms with E-state index >= 15 is 8.78 Å². The van der Waals surface area contributed by atoms with E-state index in [1.165, 1.54) is 56.7 Å². The van der Waals surface area contributed by atoms with Gasteiger partial charge in [-0.2, -0.15) is 4.39 Å². The number of rotatable bonds is 12. The lowest BCUT2D eigenvalue weighted by atomic mass is 9.76. The van der Waals surface area contributed by atoms with Crippen LogP contribution in [0.5, 0.6) is 5.75 Å². The third-order valence-electron chi connectivity index (χ3n) is 9.23. The zero-order valence-corrected chi connectivity index (χ0v) is 24.3. The van der Waals surface area contributed by atoms with Crippen molar-refractivity contribution in [2.45, 2.75) is 110 Å². The number of hydrogen-bond acceptors (Lipinski definition) is 1. The van der Waals surface area contributed by atoms with E-state index in [4.69, 9.17) is 4.74 Å². The summed E-state index contributed by atoms with van der Waals surface area (Å²) in [6.07, 6.45) is 20.3. The van der Waals surface area contributed by atoms with E-state index in [1.807, 2.05) is 6.92 Å². The molecule has 0 bridgehead atoms. The Morgan fingerprint density at radius 1 is 0.700 bits per heavy atom. The van der Waals surface area contributed by atoms with Gasteiger partial charge in [0.1, 0.15) is 0 Å². The van der Waals surface area contributed by atoms with E-state index in [0.29, 0.717) is 17.9 Å². The SMILES string of the molecule is CCCCOc1ccc(-c2ccc(C3CCC(CC/C=C/C4CCC(CCC)CC4)CC3)c(F)c2F)c(F)c1F. The van der Waals surface area contributed by atoms with Crippen LogP contribution in [0.2, 0.25) is 0 Å². The van der Waals surface area contributed by atoms with E-state index in [0.717, 1.165) is 56.8 Å². The van der Waals surface area contributed by atoms with Gasteiger partial charge in [0.2, 0.25) is 5.82 Å². The van der Waals surface area contributed by atoms with Crippen molar-refractivity contribution in [3.8, 4) is 16.9 Å². The molecule has 0 atom stereocenters. The molecule has 0 aromatic heterocycles. The third kappa shape index (κ3) is 7.70. The topological polar surface area (TPSA) is 9.23 Å².